The number of hydrogen-bond acceptors (Lipinski definition) is 1. The van der Waals surface area contributed by atoms with Gasteiger partial charge in [-0.1, -0.05) is 13.8 Å². The summed E-state index contributed by atoms with van der Waals surface area (Å²) in [6.07, 6.45) is 5.54. The highest BCUT2D eigenvalue weighted by molar-refractivity contribution is 4.76. The number of rotatable bonds is 1. The zero-order valence-corrected chi connectivity index (χ0v) is 9.64. The van der Waals surface area contributed by atoms with Crippen molar-refractivity contribution in [1.29, 1.82) is 0 Å². The monoisotopic (exact) mass is 183 g/mol. The standard InChI is InChI=1S/C12H25N/c1-9(2)12-7-5-10(3)13-11(4)6-8-12/h9-13H,5-8H2,1-4H3. The summed E-state index contributed by atoms with van der Waals surface area (Å²) in [6, 6.07) is 1.44. The molecule has 0 aromatic heterocycles. The summed E-state index contributed by atoms with van der Waals surface area (Å²) in [7, 11) is 0. The van der Waals surface area contributed by atoms with Crippen molar-refractivity contribution in [3.8, 4) is 0 Å². The molecule has 0 bridgehead atoms. The van der Waals surface area contributed by atoms with Crippen LogP contribution in [0.1, 0.15) is 53.4 Å². The molecule has 1 heteroatoms. The van der Waals surface area contributed by atoms with Gasteiger partial charge in [0.15, 0.2) is 0 Å². The third-order valence-electron chi connectivity index (χ3n) is 3.45. The minimum absolute atomic E-state index is 0.719. The van der Waals surface area contributed by atoms with Crippen LogP contribution in [0.5, 0.6) is 0 Å². The summed E-state index contributed by atoms with van der Waals surface area (Å²) < 4.78 is 0. The lowest BCUT2D eigenvalue weighted by atomic mass is 9.84. The van der Waals surface area contributed by atoms with Crippen molar-refractivity contribution in [2.24, 2.45) is 11.8 Å². The Labute approximate surface area is 83.3 Å². The van der Waals surface area contributed by atoms with Crippen molar-refractivity contribution in [3.05, 3.63) is 0 Å². The molecule has 1 N–H and O–H groups in total. The molecule has 0 aromatic rings. The Morgan fingerprint density at radius 2 is 1.38 bits per heavy atom. The van der Waals surface area contributed by atoms with Crippen LogP contribution in [0.4, 0.5) is 0 Å². The van der Waals surface area contributed by atoms with Gasteiger partial charge in [0.05, 0.1) is 0 Å². The average molecular weight is 183 g/mol. The van der Waals surface area contributed by atoms with Crippen molar-refractivity contribution in [1.82, 2.24) is 5.32 Å². The molecule has 1 saturated heterocycles. The zero-order valence-electron chi connectivity index (χ0n) is 9.64. The fraction of sp³-hybridized carbons (Fsp3) is 1.00. The van der Waals surface area contributed by atoms with Crippen LogP contribution in [0.3, 0.4) is 0 Å². The Kier molecular flexibility index (Phi) is 4.24. The van der Waals surface area contributed by atoms with Gasteiger partial charge in [-0.2, -0.15) is 0 Å². The molecule has 13 heavy (non-hydrogen) atoms. The molecule has 0 saturated carbocycles. The fourth-order valence-electron chi connectivity index (χ4n) is 2.39. The van der Waals surface area contributed by atoms with Crippen LogP contribution < -0.4 is 5.32 Å². The Morgan fingerprint density at radius 3 is 1.77 bits per heavy atom. The molecule has 1 nitrogen and oxygen atoms in total. The Bertz CT molecular complexity index is 130. The summed E-state index contributed by atoms with van der Waals surface area (Å²) in [5, 5.41) is 3.64. The second kappa shape index (κ2) is 4.99. The molecular formula is C12H25N. The first kappa shape index (κ1) is 11.0. The molecule has 1 fully saturated rings. The van der Waals surface area contributed by atoms with E-state index in [0.29, 0.717) is 0 Å². The van der Waals surface area contributed by atoms with Crippen molar-refractivity contribution in [3.63, 3.8) is 0 Å². The van der Waals surface area contributed by atoms with Crippen molar-refractivity contribution in [2.75, 3.05) is 0 Å². The largest absolute Gasteiger partial charge is 0.312 e. The fourth-order valence-corrected chi connectivity index (χ4v) is 2.39. The predicted molar refractivity (Wildman–Crippen MR) is 58.9 cm³/mol. The van der Waals surface area contributed by atoms with Crippen LogP contribution in [0.15, 0.2) is 0 Å². The summed E-state index contributed by atoms with van der Waals surface area (Å²) in [5.74, 6) is 1.84. The maximum atomic E-state index is 3.64. The second-order valence-corrected chi connectivity index (χ2v) is 5.13. The number of nitrogens with one attached hydrogen (secondary N) is 1. The smallest absolute Gasteiger partial charge is 0.00413 e. The van der Waals surface area contributed by atoms with Gasteiger partial charge in [-0.25, -0.2) is 0 Å². The zero-order chi connectivity index (χ0) is 9.84. The summed E-state index contributed by atoms with van der Waals surface area (Å²) in [5.41, 5.74) is 0. The van der Waals surface area contributed by atoms with E-state index < -0.39 is 0 Å². The first-order chi connectivity index (χ1) is 6.09. The van der Waals surface area contributed by atoms with Gasteiger partial charge >= 0.3 is 0 Å². The van der Waals surface area contributed by atoms with Gasteiger partial charge < -0.3 is 5.32 Å². The van der Waals surface area contributed by atoms with Crippen LogP contribution in [0.2, 0.25) is 0 Å². The van der Waals surface area contributed by atoms with Crippen LogP contribution in [-0.4, -0.2) is 12.1 Å². The molecule has 0 spiro atoms. The molecule has 2 atom stereocenters. The maximum absolute atomic E-state index is 3.64. The lowest BCUT2D eigenvalue weighted by molar-refractivity contribution is 0.259. The van der Waals surface area contributed by atoms with E-state index in [1.165, 1.54) is 25.7 Å². The van der Waals surface area contributed by atoms with E-state index in [1.54, 1.807) is 0 Å². The topological polar surface area (TPSA) is 12.0 Å². The van der Waals surface area contributed by atoms with Gasteiger partial charge in [-0.05, 0) is 51.4 Å². The summed E-state index contributed by atoms with van der Waals surface area (Å²) in [4.78, 5) is 0. The average Bonchev–Trinajstić information content (AvgIpc) is 2.00. The Balaban J connectivity index is 2.43. The molecule has 0 radical (unpaired) electrons. The van der Waals surface area contributed by atoms with E-state index in [0.717, 1.165) is 23.9 Å². The normalized spacial score (nSPS) is 37.2. The van der Waals surface area contributed by atoms with Gasteiger partial charge in [-0.15, -0.1) is 0 Å². The summed E-state index contributed by atoms with van der Waals surface area (Å²) in [6.45, 7) is 9.38. The highest BCUT2D eigenvalue weighted by Crippen LogP contribution is 2.26. The van der Waals surface area contributed by atoms with E-state index in [2.05, 4.69) is 33.0 Å². The van der Waals surface area contributed by atoms with Crippen molar-refractivity contribution < 1.29 is 0 Å². The highest BCUT2D eigenvalue weighted by atomic mass is 14.9. The third kappa shape index (κ3) is 3.68. The van der Waals surface area contributed by atoms with Gasteiger partial charge in [0.2, 0.25) is 0 Å². The molecule has 0 aromatic carbocycles. The molecular weight excluding hydrogens is 158 g/mol. The van der Waals surface area contributed by atoms with Crippen LogP contribution in [0.25, 0.3) is 0 Å². The van der Waals surface area contributed by atoms with Crippen LogP contribution >= 0.6 is 0 Å². The predicted octanol–water partition coefficient (Wildman–Crippen LogP) is 3.20. The van der Waals surface area contributed by atoms with Gasteiger partial charge in [0, 0.05) is 12.1 Å². The molecule has 0 amide bonds. The Morgan fingerprint density at radius 1 is 0.923 bits per heavy atom. The molecule has 2 unspecified atom stereocenters. The quantitative estimate of drug-likeness (QED) is 0.658. The van der Waals surface area contributed by atoms with E-state index in [-0.39, 0.29) is 0 Å². The molecule has 1 aliphatic rings. The van der Waals surface area contributed by atoms with Crippen LogP contribution in [-0.2, 0) is 0 Å². The first-order valence-electron chi connectivity index (χ1n) is 5.85. The van der Waals surface area contributed by atoms with E-state index in [4.69, 9.17) is 0 Å². The summed E-state index contributed by atoms with van der Waals surface area (Å²) >= 11 is 0. The molecule has 1 heterocycles. The minimum atomic E-state index is 0.719. The van der Waals surface area contributed by atoms with E-state index in [1.807, 2.05) is 0 Å². The Hall–Kier alpha value is -0.0400. The van der Waals surface area contributed by atoms with Gasteiger partial charge in [0.1, 0.15) is 0 Å². The molecule has 78 valence electrons. The van der Waals surface area contributed by atoms with Gasteiger partial charge in [0.25, 0.3) is 0 Å². The lowest BCUT2D eigenvalue weighted by Crippen LogP contribution is -2.37. The SMILES string of the molecule is CC1CCC(C(C)C)CCC(C)N1. The second-order valence-electron chi connectivity index (χ2n) is 5.13. The van der Waals surface area contributed by atoms with E-state index >= 15 is 0 Å². The van der Waals surface area contributed by atoms with Crippen molar-refractivity contribution >= 4 is 0 Å². The minimum Gasteiger partial charge on any atom is -0.312 e. The molecule has 1 rings (SSSR count). The van der Waals surface area contributed by atoms with Crippen LogP contribution in [0, 0.1) is 11.8 Å². The lowest BCUT2D eigenvalue weighted by Gasteiger charge is -2.29. The molecule has 1 aliphatic heterocycles. The van der Waals surface area contributed by atoms with E-state index in [9.17, 15) is 0 Å². The first-order valence-corrected chi connectivity index (χ1v) is 5.85. The third-order valence-corrected chi connectivity index (χ3v) is 3.45. The highest BCUT2D eigenvalue weighted by Gasteiger charge is 2.19. The number of hydrogen-bond donors (Lipinski definition) is 1. The molecule has 0 aliphatic carbocycles. The van der Waals surface area contributed by atoms with Crippen molar-refractivity contribution in [2.45, 2.75) is 65.5 Å². The maximum Gasteiger partial charge on any atom is 0.00413 e. The van der Waals surface area contributed by atoms with Gasteiger partial charge in [-0.3, -0.25) is 0 Å².